The van der Waals surface area contributed by atoms with Crippen molar-refractivity contribution in [2.45, 2.75) is 63.6 Å². The van der Waals surface area contributed by atoms with Crippen LogP contribution in [0.5, 0.6) is 0 Å². The summed E-state index contributed by atoms with van der Waals surface area (Å²) < 4.78 is 37.2. The van der Waals surface area contributed by atoms with Crippen LogP contribution >= 0.6 is 0 Å². The van der Waals surface area contributed by atoms with Crippen molar-refractivity contribution in [3.8, 4) is 12.3 Å². The Balaban J connectivity index is 1.85. The molecule has 3 nitrogen and oxygen atoms in total. The number of alkyl halides is 3. The second kappa shape index (κ2) is 7.57. The van der Waals surface area contributed by atoms with E-state index in [2.05, 4.69) is 11.2 Å². The number of terminal acetylenes is 1. The standard InChI is InChI=1S/C17H25F3N2O/c1-2-8-16(9-4-3-5-10-16)15(23)21-14-6-11-22(12-7-14)13-17(18,19)20/h1,14H,3-13H2,(H,21,23). The fourth-order valence-corrected chi connectivity index (χ4v) is 3.74. The molecule has 2 fully saturated rings. The first-order valence-corrected chi connectivity index (χ1v) is 8.38. The van der Waals surface area contributed by atoms with E-state index in [4.69, 9.17) is 6.42 Å². The highest BCUT2D eigenvalue weighted by molar-refractivity contribution is 5.83. The number of likely N-dealkylation sites (tertiary alicyclic amines) is 1. The molecule has 1 heterocycles. The van der Waals surface area contributed by atoms with Crippen LogP contribution in [-0.2, 0) is 4.79 Å². The second-order valence-corrected chi connectivity index (χ2v) is 6.86. The number of carbonyl (C=O) groups is 1. The lowest BCUT2D eigenvalue weighted by molar-refractivity contribution is -0.149. The van der Waals surface area contributed by atoms with Crippen LogP contribution in [0.25, 0.3) is 0 Å². The van der Waals surface area contributed by atoms with Crippen molar-refractivity contribution >= 4 is 5.91 Å². The van der Waals surface area contributed by atoms with Crippen molar-refractivity contribution < 1.29 is 18.0 Å². The van der Waals surface area contributed by atoms with Crippen molar-refractivity contribution in [2.24, 2.45) is 5.41 Å². The molecule has 0 aromatic carbocycles. The van der Waals surface area contributed by atoms with E-state index < -0.39 is 18.1 Å². The molecule has 0 aromatic rings. The molecule has 1 aliphatic carbocycles. The molecule has 1 amide bonds. The summed E-state index contributed by atoms with van der Waals surface area (Å²) in [6.45, 7) is -0.131. The Morgan fingerprint density at radius 1 is 1.22 bits per heavy atom. The number of nitrogens with one attached hydrogen (secondary N) is 1. The Labute approximate surface area is 136 Å². The smallest absolute Gasteiger partial charge is 0.353 e. The molecule has 2 aliphatic rings. The first-order valence-electron chi connectivity index (χ1n) is 8.38. The van der Waals surface area contributed by atoms with Gasteiger partial charge in [0.15, 0.2) is 0 Å². The predicted octanol–water partition coefficient (Wildman–Crippen LogP) is 3.10. The van der Waals surface area contributed by atoms with Crippen molar-refractivity contribution in [1.29, 1.82) is 0 Å². The monoisotopic (exact) mass is 330 g/mol. The van der Waals surface area contributed by atoms with Crippen LogP contribution in [0.15, 0.2) is 0 Å². The summed E-state index contributed by atoms with van der Waals surface area (Å²) in [5.41, 5.74) is -0.462. The van der Waals surface area contributed by atoms with Crippen molar-refractivity contribution in [3.63, 3.8) is 0 Å². The fourth-order valence-electron chi connectivity index (χ4n) is 3.74. The van der Waals surface area contributed by atoms with Crippen LogP contribution in [-0.4, -0.2) is 42.7 Å². The van der Waals surface area contributed by atoms with Gasteiger partial charge < -0.3 is 5.32 Å². The number of halogens is 3. The quantitative estimate of drug-likeness (QED) is 0.804. The molecule has 6 heteroatoms. The summed E-state index contributed by atoms with van der Waals surface area (Å²) in [6, 6.07) is -0.0384. The van der Waals surface area contributed by atoms with E-state index in [0.29, 0.717) is 32.4 Å². The molecule has 2 rings (SSSR count). The highest BCUT2D eigenvalue weighted by Gasteiger charge is 2.40. The molecule has 1 saturated carbocycles. The van der Waals surface area contributed by atoms with Gasteiger partial charge in [0, 0.05) is 25.6 Å². The van der Waals surface area contributed by atoms with Gasteiger partial charge in [0.05, 0.1) is 12.0 Å². The van der Waals surface area contributed by atoms with Crippen molar-refractivity contribution in [2.75, 3.05) is 19.6 Å². The van der Waals surface area contributed by atoms with E-state index in [0.717, 1.165) is 32.1 Å². The predicted molar refractivity (Wildman–Crippen MR) is 82.6 cm³/mol. The van der Waals surface area contributed by atoms with Crippen LogP contribution < -0.4 is 5.32 Å². The summed E-state index contributed by atoms with van der Waals surface area (Å²) in [5.74, 6) is 2.64. The van der Waals surface area contributed by atoms with Crippen LogP contribution in [0.3, 0.4) is 0 Å². The lowest BCUT2D eigenvalue weighted by Gasteiger charge is -2.38. The molecule has 0 atom stereocenters. The third-order valence-corrected chi connectivity index (χ3v) is 5.06. The van der Waals surface area contributed by atoms with Gasteiger partial charge in [-0.3, -0.25) is 9.69 Å². The maximum atomic E-state index is 12.7. The molecule has 1 aliphatic heterocycles. The second-order valence-electron chi connectivity index (χ2n) is 6.86. The van der Waals surface area contributed by atoms with Gasteiger partial charge in [-0.25, -0.2) is 0 Å². The molecule has 0 spiro atoms. The largest absolute Gasteiger partial charge is 0.401 e. The van der Waals surface area contributed by atoms with Gasteiger partial charge in [0.2, 0.25) is 5.91 Å². The molecule has 23 heavy (non-hydrogen) atoms. The SMILES string of the molecule is C#CCC1(C(=O)NC2CCN(CC(F)(F)F)CC2)CCCCC1. The van der Waals surface area contributed by atoms with E-state index in [1.807, 2.05) is 0 Å². The van der Waals surface area contributed by atoms with Gasteiger partial charge in [-0.2, -0.15) is 13.2 Å². The minimum Gasteiger partial charge on any atom is -0.353 e. The van der Waals surface area contributed by atoms with E-state index >= 15 is 0 Å². The Morgan fingerprint density at radius 2 is 1.83 bits per heavy atom. The number of hydrogen-bond donors (Lipinski definition) is 1. The lowest BCUT2D eigenvalue weighted by Crippen LogP contribution is -2.51. The first-order chi connectivity index (χ1) is 10.8. The number of nitrogens with zero attached hydrogens (tertiary/aromatic N) is 1. The van der Waals surface area contributed by atoms with E-state index in [1.54, 1.807) is 0 Å². The van der Waals surface area contributed by atoms with Gasteiger partial charge in [0.1, 0.15) is 0 Å². The maximum Gasteiger partial charge on any atom is 0.401 e. The molecule has 0 unspecified atom stereocenters. The maximum absolute atomic E-state index is 12.7. The summed E-state index contributed by atoms with van der Waals surface area (Å²) in [6.07, 6.45) is 7.66. The zero-order valence-corrected chi connectivity index (χ0v) is 13.4. The highest BCUT2D eigenvalue weighted by Crippen LogP contribution is 2.39. The summed E-state index contributed by atoms with van der Waals surface area (Å²) in [5, 5.41) is 3.06. The van der Waals surface area contributed by atoms with Gasteiger partial charge in [-0.15, -0.1) is 12.3 Å². The van der Waals surface area contributed by atoms with Crippen LogP contribution in [0.2, 0.25) is 0 Å². The van der Waals surface area contributed by atoms with Crippen LogP contribution in [0.4, 0.5) is 13.2 Å². The highest BCUT2D eigenvalue weighted by atomic mass is 19.4. The minimum atomic E-state index is -4.16. The Hall–Kier alpha value is -1.22. The topological polar surface area (TPSA) is 32.3 Å². The van der Waals surface area contributed by atoms with Crippen molar-refractivity contribution in [3.05, 3.63) is 0 Å². The van der Waals surface area contributed by atoms with Crippen molar-refractivity contribution in [1.82, 2.24) is 10.2 Å². The number of piperidine rings is 1. The lowest BCUT2D eigenvalue weighted by atomic mass is 9.71. The van der Waals surface area contributed by atoms with Gasteiger partial charge in [-0.1, -0.05) is 19.3 Å². The average Bonchev–Trinajstić information content (AvgIpc) is 2.49. The Morgan fingerprint density at radius 3 is 2.35 bits per heavy atom. The van der Waals surface area contributed by atoms with E-state index in [9.17, 15) is 18.0 Å². The first kappa shape index (κ1) is 18.1. The normalized spacial score (nSPS) is 23.2. The summed E-state index contributed by atoms with van der Waals surface area (Å²) in [7, 11) is 0. The van der Waals surface area contributed by atoms with Crippen LogP contribution in [0.1, 0.15) is 51.4 Å². The van der Waals surface area contributed by atoms with E-state index in [1.165, 1.54) is 4.90 Å². The number of rotatable bonds is 4. The van der Waals surface area contributed by atoms with Gasteiger partial charge in [-0.05, 0) is 25.7 Å². The summed E-state index contributed by atoms with van der Waals surface area (Å²) >= 11 is 0. The Bertz CT molecular complexity index is 442. The molecule has 1 saturated heterocycles. The van der Waals surface area contributed by atoms with E-state index in [-0.39, 0.29) is 11.9 Å². The molecular weight excluding hydrogens is 305 g/mol. The van der Waals surface area contributed by atoms with Gasteiger partial charge in [0.25, 0.3) is 0 Å². The fraction of sp³-hybridized carbons (Fsp3) is 0.824. The molecule has 0 bridgehead atoms. The summed E-state index contributed by atoms with van der Waals surface area (Å²) in [4.78, 5) is 14.1. The van der Waals surface area contributed by atoms with Crippen LogP contribution in [0, 0.1) is 17.8 Å². The Kier molecular flexibility index (Phi) is 5.96. The van der Waals surface area contributed by atoms with Gasteiger partial charge >= 0.3 is 6.18 Å². The average molecular weight is 330 g/mol. The molecule has 0 radical (unpaired) electrons. The molecule has 130 valence electrons. The zero-order chi connectivity index (χ0) is 16.9. The number of amides is 1. The minimum absolute atomic E-state index is 0.00409. The zero-order valence-electron chi connectivity index (χ0n) is 13.4. The molecule has 1 N–H and O–H groups in total. The number of hydrogen-bond acceptors (Lipinski definition) is 2. The third kappa shape index (κ3) is 5.13. The molecule has 0 aromatic heterocycles. The third-order valence-electron chi connectivity index (χ3n) is 5.06. The number of carbonyl (C=O) groups excluding carboxylic acids is 1. The molecular formula is C17H25F3N2O.